The second kappa shape index (κ2) is 4.23. The van der Waals surface area contributed by atoms with Gasteiger partial charge in [-0.15, -0.1) is 0 Å². The van der Waals surface area contributed by atoms with Crippen molar-refractivity contribution in [3.8, 4) is 0 Å². The van der Waals surface area contributed by atoms with Crippen LogP contribution in [0.2, 0.25) is 0 Å². The molecule has 0 fully saturated rings. The Labute approximate surface area is 77.5 Å². The van der Waals surface area contributed by atoms with Crippen LogP contribution in [0.4, 0.5) is 0 Å². The zero-order valence-corrected chi connectivity index (χ0v) is 9.38. The van der Waals surface area contributed by atoms with Gasteiger partial charge in [-0.1, -0.05) is 59.9 Å². The minimum absolute atomic E-state index is 0.147. The number of rotatable bonds is 3. The molecular formula is C11H19P. The van der Waals surface area contributed by atoms with Gasteiger partial charge in [0.1, 0.15) is 0 Å². The molecular weight excluding hydrogens is 163 g/mol. The Bertz CT molecular complexity index is 169. The lowest BCUT2D eigenvalue weighted by Gasteiger charge is -2.29. The van der Waals surface area contributed by atoms with Crippen molar-refractivity contribution >= 4 is 7.92 Å². The van der Waals surface area contributed by atoms with E-state index in [1.54, 1.807) is 0 Å². The summed E-state index contributed by atoms with van der Waals surface area (Å²) in [7, 11) is 0.147. The molecule has 0 bridgehead atoms. The molecule has 0 heterocycles. The summed E-state index contributed by atoms with van der Waals surface area (Å²) in [6.45, 7) is 9.41. The highest BCUT2D eigenvalue weighted by Gasteiger charge is 2.23. The molecule has 0 aromatic heterocycles. The van der Waals surface area contributed by atoms with Crippen LogP contribution in [0.3, 0.4) is 0 Å². The van der Waals surface area contributed by atoms with Crippen LogP contribution in [0.5, 0.6) is 0 Å². The van der Waals surface area contributed by atoms with Crippen LogP contribution in [0.1, 0.15) is 27.7 Å². The smallest absolute Gasteiger partial charge is 0.0161 e. The van der Waals surface area contributed by atoms with Crippen molar-refractivity contribution < 1.29 is 0 Å². The molecule has 68 valence electrons. The van der Waals surface area contributed by atoms with Gasteiger partial charge in [-0.2, -0.15) is 0 Å². The van der Waals surface area contributed by atoms with E-state index in [9.17, 15) is 0 Å². The molecule has 0 amide bonds. The van der Waals surface area contributed by atoms with E-state index < -0.39 is 0 Å². The second-order valence-electron chi connectivity index (χ2n) is 3.90. The van der Waals surface area contributed by atoms with Gasteiger partial charge in [-0.3, -0.25) is 0 Å². The molecule has 0 nitrogen and oxygen atoms in total. The molecule has 1 aliphatic carbocycles. The Balaban J connectivity index is 2.65. The third kappa shape index (κ3) is 2.20. The van der Waals surface area contributed by atoms with Crippen LogP contribution < -0.4 is 0 Å². The molecule has 0 atom stereocenters. The molecule has 0 saturated heterocycles. The molecule has 12 heavy (non-hydrogen) atoms. The predicted octanol–water partition coefficient (Wildman–Crippen LogP) is 3.78. The fraction of sp³-hybridized carbons (Fsp3) is 0.636. The van der Waals surface area contributed by atoms with Crippen molar-refractivity contribution in [3.05, 3.63) is 24.3 Å². The van der Waals surface area contributed by atoms with Gasteiger partial charge in [0.25, 0.3) is 0 Å². The van der Waals surface area contributed by atoms with E-state index in [0.717, 1.165) is 17.0 Å². The van der Waals surface area contributed by atoms with Gasteiger partial charge in [0, 0.05) is 5.66 Å². The molecule has 0 aliphatic heterocycles. The first-order chi connectivity index (χ1) is 5.63. The van der Waals surface area contributed by atoms with Crippen LogP contribution >= 0.6 is 7.92 Å². The van der Waals surface area contributed by atoms with Crippen molar-refractivity contribution in [2.75, 3.05) is 0 Å². The molecule has 0 saturated carbocycles. The summed E-state index contributed by atoms with van der Waals surface area (Å²) in [5.74, 6) is 0. The fourth-order valence-corrected chi connectivity index (χ4v) is 5.07. The van der Waals surface area contributed by atoms with Crippen molar-refractivity contribution in [1.82, 2.24) is 0 Å². The summed E-state index contributed by atoms with van der Waals surface area (Å²) < 4.78 is 0. The first-order valence-electron chi connectivity index (χ1n) is 4.75. The van der Waals surface area contributed by atoms with E-state index in [1.807, 2.05) is 0 Å². The monoisotopic (exact) mass is 182 g/mol. The molecule has 1 aliphatic rings. The normalized spacial score (nSPS) is 17.6. The molecule has 0 aromatic carbocycles. The van der Waals surface area contributed by atoms with E-state index in [2.05, 4.69) is 52.0 Å². The lowest BCUT2D eigenvalue weighted by Crippen LogP contribution is -2.12. The predicted molar refractivity (Wildman–Crippen MR) is 59.3 cm³/mol. The van der Waals surface area contributed by atoms with E-state index in [0.29, 0.717) is 0 Å². The van der Waals surface area contributed by atoms with Crippen LogP contribution in [-0.2, 0) is 0 Å². The minimum atomic E-state index is 0.147. The number of hydrogen-bond acceptors (Lipinski definition) is 0. The number of allylic oxidation sites excluding steroid dienone is 4. The molecule has 0 aromatic rings. The molecule has 1 heteroatoms. The summed E-state index contributed by atoms with van der Waals surface area (Å²) in [5.41, 5.74) is 2.44. The van der Waals surface area contributed by atoms with Crippen LogP contribution in [0, 0.1) is 0 Å². The summed E-state index contributed by atoms with van der Waals surface area (Å²) in [4.78, 5) is 0. The third-order valence-corrected chi connectivity index (χ3v) is 5.68. The zero-order chi connectivity index (χ0) is 9.14. The van der Waals surface area contributed by atoms with Crippen LogP contribution in [0.25, 0.3) is 0 Å². The SMILES string of the molecule is CC(C)P(C(C)C)C1C=CC=C1. The van der Waals surface area contributed by atoms with Crippen LogP contribution in [0.15, 0.2) is 24.3 Å². The van der Waals surface area contributed by atoms with Crippen molar-refractivity contribution in [2.24, 2.45) is 0 Å². The highest BCUT2D eigenvalue weighted by molar-refractivity contribution is 7.60. The van der Waals surface area contributed by atoms with Gasteiger partial charge in [0.2, 0.25) is 0 Å². The molecule has 0 radical (unpaired) electrons. The maximum Gasteiger partial charge on any atom is 0.0161 e. The highest BCUT2D eigenvalue weighted by Crippen LogP contribution is 2.52. The highest BCUT2D eigenvalue weighted by atomic mass is 31.1. The first-order valence-corrected chi connectivity index (χ1v) is 6.30. The van der Waals surface area contributed by atoms with Gasteiger partial charge < -0.3 is 0 Å². The van der Waals surface area contributed by atoms with E-state index >= 15 is 0 Å². The molecule has 0 spiro atoms. The van der Waals surface area contributed by atoms with E-state index in [-0.39, 0.29) is 7.92 Å². The zero-order valence-electron chi connectivity index (χ0n) is 8.49. The Hall–Kier alpha value is -0.0900. The Morgan fingerprint density at radius 3 is 1.67 bits per heavy atom. The molecule has 0 unspecified atom stereocenters. The van der Waals surface area contributed by atoms with Crippen LogP contribution in [-0.4, -0.2) is 17.0 Å². The minimum Gasteiger partial charge on any atom is -0.0904 e. The quantitative estimate of drug-likeness (QED) is 0.583. The average Bonchev–Trinajstić information content (AvgIpc) is 2.37. The van der Waals surface area contributed by atoms with Crippen molar-refractivity contribution in [1.29, 1.82) is 0 Å². The van der Waals surface area contributed by atoms with E-state index in [1.165, 1.54) is 0 Å². The van der Waals surface area contributed by atoms with Gasteiger partial charge in [0.05, 0.1) is 0 Å². The Morgan fingerprint density at radius 2 is 1.33 bits per heavy atom. The summed E-state index contributed by atoms with van der Waals surface area (Å²) >= 11 is 0. The average molecular weight is 182 g/mol. The van der Waals surface area contributed by atoms with Gasteiger partial charge in [0.15, 0.2) is 0 Å². The maximum atomic E-state index is 2.35. The van der Waals surface area contributed by atoms with E-state index in [4.69, 9.17) is 0 Å². The molecule has 0 N–H and O–H groups in total. The fourth-order valence-electron chi connectivity index (χ4n) is 1.90. The Morgan fingerprint density at radius 1 is 0.917 bits per heavy atom. The summed E-state index contributed by atoms with van der Waals surface area (Å²) in [5, 5.41) is 0. The molecule has 1 rings (SSSR count). The summed E-state index contributed by atoms with van der Waals surface area (Å²) in [6, 6.07) is 0. The lowest BCUT2D eigenvalue weighted by molar-refractivity contribution is 0.993. The summed E-state index contributed by atoms with van der Waals surface area (Å²) in [6.07, 6.45) is 9.08. The third-order valence-electron chi connectivity index (χ3n) is 2.26. The van der Waals surface area contributed by atoms with Gasteiger partial charge >= 0.3 is 0 Å². The largest absolute Gasteiger partial charge is 0.0904 e. The Kier molecular flexibility index (Phi) is 3.53. The number of hydrogen-bond donors (Lipinski definition) is 0. The maximum absolute atomic E-state index is 2.35. The topological polar surface area (TPSA) is 0 Å². The van der Waals surface area contributed by atoms with Crippen molar-refractivity contribution in [2.45, 2.75) is 44.7 Å². The first kappa shape index (κ1) is 9.99. The van der Waals surface area contributed by atoms with Crippen molar-refractivity contribution in [3.63, 3.8) is 0 Å². The van der Waals surface area contributed by atoms with Gasteiger partial charge in [-0.05, 0) is 11.3 Å². The van der Waals surface area contributed by atoms with Gasteiger partial charge in [-0.25, -0.2) is 0 Å². The standard InChI is InChI=1S/C11H19P/c1-9(2)12(10(3)4)11-7-5-6-8-11/h5-11H,1-4H3. The lowest BCUT2D eigenvalue weighted by atomic mass is 10.5. The second-order valence-corrected chi connectivity index (χ2v) is 7.45.